The van der Waals surface area contributed by atoms with Crippen LogP contribution in [0.25, 0.3) is 11.0 Å². The Kier molecular flexibility index (Phi) is 3.53. The van der Waals surface area contributed by atoms with Gasteiger partial charge in [0.15, 0.2) is 0 Å². The highest BCUT2D eigenvalue weighted by Crippen LogP contribution is 2.33. The van der Waals surface area contributed by atoms with Gasteiger partial charge in [0.2, 0.25) is 5.76 Å². The average molecular weight is 249 g/mol. The SMILES string of the molecule is Cc1c(C(=O)O)oc2cccc(OCCCN)c12. The van der Waals surface area contributed by atoms with Crippen LogP contribution in [-0.4, -0.2) is 24.2 Å². The number of furan rings is 1. The number of carboxylic acid groups (broad SMARTS) is 1. The highest BCUT2D eigenvalue weighted by Gasteiger charge is 2.19. The van der Waals surface area contributed by atoms with E-state index in [2.05, 4.69) is 0 Å². The summed E-state index contributed by atoms with van der Waals surface area (Å²) >= 11 is 0. The van der Waals surface area contributed by atoms with E-state index in [9.17, 15) is 4.79 Å². The molecular weight excluding hydrogens is 234 g/mol. The Balaban J connectivity index is 2.44. The molecular formula is C13H15NO4. The Bertz CT molecular complexity index is 574. The molecule has 96 valence electrons. The van der Waals surface area contributed by atoms with Gasteiger partial charge in [-0.15, -0.1) is 0 Å². The van der Waals surface area contributed by atoms with E-state index >= 15 is 0 Å². The van der Waals surface area contributed by atoms with Gasteiger partial charge in [-0.1, -0.05) is 6.07 Å². The molecule has 0 saturated heterocycles. The van der Waals surface area contributed by atoms with Gasteiger partial charge in [0.1, 0.15) is 11.3 Å². The lowest BCUT2D eigenvalue weighted by Gasteiger charge is -2.06. The number of hydrogen-bond donors (Lipinski definition) is 2. The van der Waals surface area contributed by atoms with Crippen LogP contribution in [0.15, 0.2) is 22.6 Å². The Labute approximate surface area is 104 Å². The Morgan fingerprint density at radius 1 is 1.50 bits per heavy atom. The molecule has 1 aromatic carbocycles. The second-order valence-corrected chi connectivity index (χ2v) is 3.98. The Morgan fingerprint density at radius 2 is 2.28 bits per heavy atom. The van der Waals surface area contributed by atoms with E-state index in [1.54, 1.807) is 25.1 Å². The van der Waals surface area contributed by atoms with Crippen LogP contribution in [0.1, 0.15) is 22.5 Å². The molecule has 0 fully saturated rings. The number of benzene rings is 1. The van der Waals surface area contributed by atoms with Crippen molar-refractivity contribution in [3.8, 4) is 5.75 Å². The quantitative estimate of drug-likeness (QED) is 0.793. The number of ether oxygens (including phenoxy) is 1. The van der Waals surface area contributed by atoms with Gasteiger partial charge in [-0.3, -0.25) is 0 Å². The van der Waals surface area contributed by atoms with Gasteiger partial charge < -0.3 is 20.0 Å². The van der Waals surface area contributed by atoms with Crippen molar-refractivity contribution in [1.82, 2.24) is 0 Å². The molecule has 2 aromatic rings. The summed E-state index contributed by atoms with van der Waals surface area (Å²) in [4.78, 5) is 11.0. The number of aromatic carboxylic acids is 1. The second-order valence-electron chi connectivity index (χ2n) is 3.98. The first-order valence-corrected chi connectivity index (χ1v) is 5.73. The topological polar surface area (TPSA) is 85.7 Å². The number of aryl methyl sites for hydroxylation is 1. The lowest BCUT2D eigenvalue weighted by atomic mass is 10.1. The number of rotatable bonds is 5. The molecule has 1 heterocycles. The van der Waals surface area contributed by atoms with Crippen molar-refractivity contribution in [2.75, 3.05) is 13.2 Å². The van der Waals surface area contributed by atoms with E-state index in [4.69, 9.17) is 20.0 Å². The number of nitrogens with two attached hydrogens (primary N) is 1. The van der Waals surface area contributed by atoms with Crippen molar-refractivity contribution in [2.45, 2.75) is 13.3 Å². The molecule has 0 spiro atoms. The van der Waals surface area contributed by atoms with Crippen molar-refractivity contribution in [3.63, 3.8) is 0 Å². The summed E-state index contributed by atoms with van der Waals surface area (Å²) in [6.45, 7) is 2.77. The summed E-state index contributed by atoms with van der Waals surface area (Å²) in [5, 5.41) is 9.74. The molecule has 5 heteroatoms. The highest BCUT2D eigenvalue weighted by molar-refractivity contribution is 5.97. The summed E-state index contributed by atoms with van der Waals surface area (Å²) < 4.78 is 10.9. The van der Waals surface area contributed by atoms with Gasteiger partial charge in [0.05, 0.1) is 12.0 Å². The van der Waals surface area contributed by atoms with E-state index in [1.165, 1.54) is 0 Å². The number of carbonyl (C=O) groups is 1. The molecule has 0 saturated carbocycles. The Morgan fingerprint density at radius 3 is 2.94 bits per heavy atom. The second kappa shape index (κ2) is 5.10. The van der Waals surface area contributed by atoms with Crippen LogP contribution < -0.4 is 10.5 Å². The van der Waals surface area contributed by atoms with Gasteiger partial charge in [0, 0.05) is 5.56 Å². The van der Waals surface area contributed by atoms with E-state index in [0.29, 0.717) is 35.4 Å². The third kappa shape index (κ3) is 2.17. The predicted molar refractivity (Wildman–Crippen MR) is 67.1 cm³/mol. The highest BCUT2D eigenvalue weighted by atomic mass is 16.5. The largest absolute Gasteiger partial charge is 0.493 e. The van der Waals surface area contributed by atoms with E-state index in [-0.39, 0.29) is 5.76 Å². The third-order valence-corrected chi connectivity index (χ3v) is 2.72. The zero-order valence-electron chi connectivity index (χ0n) is 10.1. The van der Waals surface area contributed by atoms with Crippen LogP contribution >= 0.6 is 0 Å². The Hall–Kier alpha value is -2.01. The molecule has 0 bridgehead atoms. The number of fused-ring (bicyclic) bond motifs is 1. The minimum absolute atomic E-state index is 0.0418. The number of hydrogen-bond acceptors (Lipinski definition) is 4. The normalized spacial score (nSPS) is 10.8. The van der Waals surface area contributed by atoms with Gasteiger partial charge in [-0.05, 0) is 32.0 Å². The number of carboxylic acids is 1. The van der Waals surface area contributed by atoms with E-state index < -0.39 is 5.97 Å². The molecule has 0 radical (unpaired) electrons. The fraction of sp³-hybridized carbons (Fsp3) is 0.308. The van der Waals surface area contributed by atoms with Crippen molar-refractivity contribution in [3.05, 3.63) is 29.5 Å². The lowest BCUT2D eigenvalue weighted by Crippen LogP contribution is -2.06. The van der Waals surface area contributed by atoms with Crippen molar-refractivity contribution in [2.24, 2.45) is 5.73 Å². The smallest absolute Gasteiger partial charge is 0.372 e. The van der Waals surface area contributed by atoms with Gasteiger partial charge >= 0.3 is 5.97 Å². The molecule has 1 aromatic heterocycles. The summed E-state index contributed by atoms with van der Waals surface area (Å²) in [5.41, 5.74) is 6.51. The minimum atomic E-state index is -1.07. The molecule has 0 amide bonds. The van der Waals surface area contributed by atoms with Crippen molar-refractivity contribution >= 4 is 16.9 Å². The summed E-state index contributed by atoms with van der Waals surface area (Å²) in [6.07, 6.45) is 0.749. The predicted octanol–water partition coefficient (Wildman–Crippen LogP) is 2.17. The van der Waals surface area contributed by atoms with Crippen LogP contribution in [-0.2, 0) is 0 Å². The minimum Gasteiger partial charge on any atom is -0.493 e. The molecule has 0 aliphatic rings. The van der Waals surface area contributed by atoms with Crippen LogP contribution in [0.2, 0.25) is 0 Å². The molecule has 18 heavy (non-hydrogen) atoms. The van der Waals surface area contributed by atoms with Crippen LogP contribution in [0.4, 0.5) is 0 Å². The standard InChI is InChI=1S/C13H15NO4/c1-8-11-9(17-7-3-6-14)4-2-5-10(11)18-12(8)13(15)16/h2,4-5H,3,6-7,14H2,1H3,(H,15,16). The lowest BCUT2D eigenvalue weighted by molar-refractivity contribution is 0.0664. The summed E-state index contributed by atoms with van der Waals surface area (Å²) in [5.74, 6) is -0.480. The van der Waals surface area contributed by atoms with Gasteiger partial charge in [-0.25, -0.2) is 4.79 Å². The fourth-order valence-corrected chi connectivity index (χ4v) is 1.86. The average Bonchev–Trinajstić information content (AvgIpc) is 2.68. The van der Waals surface area contributed by atoms with Gasteiger partial charge in [-0.2, -0.15) is 0 Å². The molecule has 0 aliphatic heterocycles. The van der Waals surface area contributed by atoms with E-state index in [0.717, 1.165) is 6.42 Å². The van der Waals surface area contributed by atoms with Gasteiger partial charge in [0.25, 0.3) is 0 Å². The molecule has 2 rings (SSSR count). The van der Waals surface area contributed by atoms with Crippen LogP contribution in [0.3, 0.4) is 0 Å². The summed E-state index contributed by atoms with van der Waals surface area (Å²) in [6, 6.07) is 5.30. The molecule has 0 unspecified atom stereocenters. The van der Waals surface area contributed by atoms with Crippen LogP contribution in [0.5, 0.6) is 5.75 Å². The zero-order chi connectivity index (χ0) is 13.1. The summed E-state index contributed by atoms with van der Waals surface area (Å²) in [7, 11) is 0. The monoisotopic (exact) mass is 249 g/mol. The first-order chi connectivity index (χ1) is 8.65. The molecule has 0 atom stereocenters. The maximum absolute atomic E-state index is 11.0. The van der Waals surface area contributed by atoms with Crippen molar-refractivity contribution in [1.29, 1.82) is 0 Å². The van der Waals surface area contributed by atoms with Crippen molar-refractivity contribution < 1.29 is 19.1 Å². The fourth-order valence-electron chi connectivity index (χ4n) is 1.86. The third-order valence-electron chi connectivity index (χ3n) is 2.72. The molecule has 5 nitrogen and oxygen atoms in total. The molecule has 0 aliphatic carbocycles. The first kappa shape index (κ1) is 12.4. The zero-order valence-corrected chi connectivity index (χ0v) is 10.1. The maximum Gasteiger partial charge on any atom is 0.372 e. The first-order valence-electron chi connectivity index (χ1n) is 5.73. The van der Waals surface area contributed by atoms with Crippen LogP contribution in [0, 0.1) is 6.92 Å². The molecule has 3 N–H and O–H groups in total. The van der Waals surface area contributed by atoms with E-state index in [1.807, 2.05) is 0 Å². The maximum atomic E-state index is 11.0.